The van der Waals surface area contributed by atoms with Crippen LogP contribution < -0.4 is 5.32 Å². The van der Waals surface area contributed by atoms with E-state index in [9.17, 15) is 0 Å². The predicted octanol–water partition coefficient (Wildman–Crippen LogP) is 2.94. The molecule has 0 unspecified atom stereocenters. The fourth-order valence-corrected chi connectivity index (χ4v) is 3.01. The molecule has 0 atom stereocenters. The van der Waals surface area contributed by atoms with Crippen molar-refractivity contribution in [2.24, 2.45) is 0 Å². The summed E-state index contributed by atoms with van der Waals surface area (Å²) >= 11 is 1.56. The van der Waals surface area contributed by atoms with E-state index in [-0.39, 0.29) is 0 Å². The van der Waals surface area contributed by atoms with Gasteiger partial charge in [-0.1, -0.05) is 0 Å². The highest BCUT2D eigenvalue weighted by Crippen LogP contribution is 2.20. The molecule has 7 nitrogen and oxygen atoms in total. The first kappa shape index (κ1) is 15.6. The van der Waals surface area contributed by atoms with E-state index in [1.165, 1.54) is 0 Å². The third-order valence-corrected chi connectivity index (χ3v) is 4.33. The van der Waals surface area contributed by atoms with Crippen molar-refractivity contribution >= 4 is 11.3 Å². The minimum atomic E-state index is 0.585. The maximum absolute atomic E-state index is 5.28. The molecule has 0 spiro atoms. The lowest BCUT2D eigenvalue weighted by Crippen LogP contribution is -2.13. The number of hydrogen-bond donors (Lipinski definition) is 1. The van der Waals surface area contributed by atoms with Crippen LogP contribution >= 0.6 is 11.3 Å². The van der Waals surface area contributed by atoms with Gasteiger partial charge in [0.15, 0.2) is 11.6 Å². The topological polar surface area (TPSA) is 89.6 Å². The van der Waals surface area contributed by atoms with Crippen LogP contribution in [0.25, 0.3) is 22.3 Å². The van der Waals surface area contributed by atoms with Gasteiger partial charge in [0, 0.05) is 48.8 Å². The maximum Gasteiger partial charge on any atom is 0.195 e. The van der Waals surface area contributed by atoms with Crippen molar-refractivity contribution < 1.29 is 4.42 Å². The second-order valence-corrected chi connectivity index (χ2v) is 6.09. The smallest absolute Gasteiger partial charge is 0.195 e. The number of thiazole rings is 1. The number of rotatable bonds is 6. The van der Waals surface area contributed by atoms with Gasteiger partial charge in [-0.05, 0) is 12.1 Å². The molecule has 0 aliphatic heterocycles. The molecule has 8 heteroatoms. The molecule has 0 saturated heterocycles. The largest absolute Gasteiger partial charge is 0.461 e. The predicted molar refractivity (Wildman–Crippen MR) is 93.4 cm³/mol. The molecule has 0 bridgehead atoms. The minimum absolute atomic E-state index is 0.585. The van der Waals surface area contributed by atoms with Gasteiger partial charge in [-0.2, -0.15) is 0 Å². The van der Waals surface area contributed by atoms with Crippen LogP contribution in [0, 0.1) is 0 Å². The first-order valence-corrected chi connectivity index (χ1v) is 8.53. The van der Waals surface area contributed by atoms with Crippen LogP contribution in [0.1, 0.15) is 11.3 Å². The Morgan fingerprint density at radius 1 is 1.04 bits per heavy atom. The van der Waals surface area contributed by atoms with Crippen LogP contribution in [0.15, 0.2) is 59.2 Å². The van der Waals surface area contributed by atoms with Crippen LogP contribution in [0.2, 0.25) is 0 Å². The van der Waals surface area contributed by atoms with Crippen molar-refractivity contribution in [2.75, 3.05) is 0 Å². The first-order valence-electron chi connectivity index (χ1n) is 7.65. The maximum atomic E-state index is 5.28. The van der Waals surface area contributed by atoms with Crippen LogP contribution in [0.3, 0.4) is 0 Å². The number of hydrogen-bond acceptors (Lipinski definition) is 8. The van der Waals surface area contributed by atoms with Crippen molar-refractivity contribution in [3.63, 3.8) is 0 Å². The molecule has 124 valence electrons. The molecular formula is C17H14N6OS. The number of furan rings is 1. The molecule has 0 aromatic carbocycles. The Morgan fingerprint density at radius 3 is 2.72 bits per heavy atom. The molecular weight excluding hydrogens is 336 g/mol. The van der Waals surface area contributed by atoms with E-state index in [1.54, 1.807) is 48.6 Å². The summed E-state index contributed by atoms with van der Waals surface area (Å²) in [4.78, 5) is 21.5. The highest BCUT2D eigenvalue weighted by atomic mass is 32.1. The van der Waals surface area contributed by atoms with Crippen molar-refractivity contribution in [3.8, 4) is 22.3 Å². The average molecular weight is 350 g/mol. The van der Waals surface area contributed by atoms with Crippen LogP contribution in [-0.4, -0.2) is 24.9 Å². The Balaban J connectivity index is 1.33. The fourth-order valence-electron chi connectivity index (χ4n) is 2.23. The van der Waals surface area contributed by atoms with E-state index in [0.29, 0.717) is 24.7 Å². The van der Waals surface area contributed by atoms with Gasteiger partial charge < -0.3 is 9.73 Å². The van der Waals surface area contributed by atoms with Gasteiger partial charge in [0.2, 0.25) is 0 Å². The second kappa shape index (κ2) is 7.29. The summed E-state index contributed by atoms with van der Waals surface area (Å²) in [6, 6.07) is 3.65. The molecule has 0 aliphatic carbocycles. The monoisotopic (exact) mass is 350 g/mol. The Bertz CT molecular complexity index is 921. The van der Waals surface area contributed by atoms with Crippen LogP contribution in [-0.2, 0) is 13.1 Å². The molecule has 0 radical (unpaired) electrons. The third-order valence-electron chi connectivity index (χ3n) is 3.42. The molecule has 4 aromatic rings. The standard InChI is InChI=1S/C17H14N6OS/c1-2-15(24-5-1)16-21-7-12(8-22-16)6-19-9-13-11-25-17(23-13)14-10-18-3-4-20-14/h1-5,7-8,10-11,19H,6,9H2. The lowest BCUT2D eigenvalue weighted by atomic mass is 10.3. The van der Waals surface area contributed by atoms with Crippen LogP contribution in [0.4, 0.5) is 0 Å². The van der Waals surface area contributed by atoms with Gasteiger partial charge in [0.1, 0.15) is 10.7 Å². The highest BCUT2D eigenvalue weighted by molar-refractivity contribution is 7.13. The Kier molecular flexibility index (Phi) is 4.53. The molecule has 1 N–H and O–H groups in total. The van der Waals surface area contributed by atoms with Crippen molar-refractivity contribution in [1.29, 1.82) is 0 Å². The zero-order valence-electron chi connectivity index (χ0n) is 13.2. The summed E-state index contributed by atoms with van der Waals surface area (Å²) in [5, 5.41) is 6.23. The SMILES string of the molecule is c1coc(-c2ncc(CNCc3csc(-c4cnccn4)n3)cn2)c1. The summed E-state index contributed by atoms with van der Waals surface area (Å²) in [5.74, 6) is 1.25. The quantitative estimate of drug-likeness (QED) is 0.572. The van der Waals surface area contributed by atoms with Gasteiger partial charge in [-0.15, -0.1) is 11.3 Å². The summed E-state index contributed by atoms with van der Waals surface area (Å²) in [6.07, 6.45) is 10.2. The molecule has 0 saturated carbocycles. The molecule has 25 heavy (non-hydrogen) atoms. The van der Waals surface area contributed by atoms with Crippen LogP contribution in [0.5, 0.6) is 0 Å². The second-order valence-electron chi connectivity index (χ2n) is 5.23. The van der Waals surface area contributed by atoms with Gasteiger partial charge in [-0.3, -0.25) is 9.97 Å². The normalized spacial score (nSPS) is 10.9. The Labute approximate surface area is 147 Å². The molecule has 0 aliphatic rings. The molecule has 0 fully saturated rings. The summed E-state index contributed by atoms with van der Waals surface area (Å²) < 4.78 is 5.28. The molecule has 0 amide bonds. The lowest BCUT2D eigenvalue weighted by molar-refractivity contribution is 0.577. The average Bonchev–Trinajstić information content (AvgIpc) is 3.35. The van der Waals surface area contributed by atoms with E-state index in [2.05, 4.69) is 30.2 Å². The fraction of sp³-hybridized carbons (Fsp3) is 0.118. The van der Waals surface area contributed by atoms with E-state index >= 15 is 0 Å². The summed E-state index contributed by atoms with van der Waals surface area (Å²) in [5.41, 5.74) is 2.76. The number of aromatic nitrogens is 5. The Morgan fingerprint density at radius 2 is 1.96 bits per heavy atom. The zero-order valence-corrected chi connectivity index (χ0v) is 14.0. The van der Waals surface area contributed by atoms with Gasteiger partial charge in [0.25, 0.3) is 0 Å². The van der Waals surface area contributed by atoms with E-state index < -0.39 is 0 Å². The number of nitrogens with zero attached hydrogens (tertiary/aromatic N) is 5. The summed E-state index contributed by atoms with van der Waals surface area (Å²) in [7, 11) is 0. The van der Waals surface area contributed by atoms with E-state index in [4.69, 9.17) is 4.42 Å². The summed E-state index contributed by atoms with van der Waals surface area (Å²) in [6.45, 7) is 1.33. The number of nitrogens with one attached hydrogen (secondary N) is 1. The highest BCUT2D eigenvalue weighted by Gasteiger charge is 2.06. The molecule has 4 rings (SSSR count). The van der Waals surface area contributed by atoms with Gasteiger partial charge in [0.05, 0.1) is 18.2 Å². The molecule has 4 aromatic heterocycles. The minimum Gasteiger partial charge on any atom is -0.461 e. The molecule has 4 heterocycles. The lowest BCUT2D eigenvalue weighted by Gasteiger charge is -2.03. The first-order chi connectivity index (χ1) is 12.4. The van der Waals surface area contributed by atoms with Gasteiger partial charge >= 0.3 is 0 Å². The van der Waals surface area contributed by atoms with Crippen molar-refractivity contribution in [2.45, 2.75) is 13.1 Å². The van der Waals surface area contributed by atoms with E-state index in [1.807, 2.05) is 17.5 Å². The van der Waals surface area contributed by atoms with Gasteiger partial charge in [-0.25, -0.2) is 15.0 Å². The Hall–Kier alpha value is -2.97. The van der Waals surface area contributed by atoms with Crippen molar-refractivity contribution in [1.82, 2.24) is 30.2 Å². The third kappa shape index (κ3) is 3.76. The van der Waals surface area contributed by atoms with E-state index in [0.717, 1.165) is 22.0 Å². The van der Waals surface area contributed by atoms with Crippen molar-refractivity contribution in [3.05, 3.63) is 66.0 Å². The zero-order chi connectivity index (χ0) is 16.9.